The molecule has 0 radical (unpaired) electrons. The van der Waals surface area contributed by atoms with Gasteiger partial charge in [0.2, 0.25) is 0 Å². The zero-order valence-electron chi connectivity index (χ0n) is 21.3. The number of nitrogen functional groups attached to an aromatic ring is 1. The molecule has 15 heteroatoms. The van der Waals surface area contributed by atoms with Crippen molar-refractivity contribution in [2.75, 3.05) is 12.4 Å². The number of aromatic nitrogens is 2. The van der Waals surface area contributed by atoms with Gasteiger partial charge >= 0.3 is 19.4 Å². The van der Waals surface area contributed by atoms with Crippen LogP contribution >= 0.6 is 7.75 Å². The van der Waals surface area contributed by atoms with E-state index in [1.807, 2.05) is 0 Å². The predicted molar refractivity (Wildman–Crippen MR) is 133 cm³/mol. The zero-order chi connectivity index (χ0) is 28.3. The lowest BCUT2D eigenvalue weighted by Crippen LogP contribution is -2.51. The molecule has 0 spiro atoms. The highest BCUT2D eigenvalue weighted by Gasteiger charge is 2.59. The number of anilines is 1. The number of nitrogens with one attached hydrogen (secondary N) is 1. The van der Waals surface area contributed by atoms with E-state index in [9.17, 15) is 28.8 Å². The number of alkyl halides is 1. The summed E-state index contributed by atoms with van der Waals surface area (Å²) in [6.45, 7) is 4.50. The molecule has 1 aliphatic rings. The predicted octanol–water partition coefficient (Wildman–Crippen LogP) is 1.31. The van der Waals surface area contributed by atoms with E-state index in [4.69, 9.17) is 24.3 Å². The van der Waals surface area contributed by atoms with E-state index in [0.717, 1.165) is 10.8 Å². The van der Waals surface area contributed by atoms with Crippen molar-refractivity contribution in [2.45, 2.75) is 70.0 Å². The molecule has 3 rings (SSSR count). The lowest BCUT2D eigenvalue weighted by atomic mass is 9.93. The summed E-state index contributed by atoms with van der Waals surface area (Å²) in [5.74, 6) is -0.713. The summed E-state index contributed by atoms with van der Waals surface area (Å²) in [4.78, 5) is 28.2. The van der Waals surface area contributed by atoms with Gasteiger partial charge in [-0.05, 0) is 45.9 Å². The van der Waals surface area contributed by atoms with E-state index >= 15 is 0 Å². The molecular weight excluding hydrogens is 526 g/mol. The highest BCUT2D eigenvalue weighted by Crippen LogP contribution is 2.49. The fraction of sp³-hybridized carbons (Fsp3) is 0.522. The van der Waals surface area contributed by atoms with Crippen LogP contribution in [0.15, 0.2) is 47.4 Å². The van der Waals surface area contributed by atoms with Crippen LogP contribution in [0.2, 0.25) is 0 Å². The fourth-order valence-corrected chi connectivity index (χ4v) is 5.49. The van der Waals surface area contributed by atoms with Gasteiger partial charge < -0.3 is 29.9 Å². The fourth-order valence-electron chi connectivity index (χ4n) is 3.80. The Labute approximate surface area is 218 Å². The van der Waals surface area contributed by atoms with Gasteiger partial charge in [0.05, 0.1) is 12.2 Å². The maximum Gasteiger partial charge on any atom is 0.459 e. The number of hydrogen-bond acceptors (Lipinski definition) is 11. The van der Waals surface area contributed by atoms with Crippen molar-refractivity contribution in [3.05, 3.63) is 53.1 Å². The minimum Gasteiger partial charge on any atom is -0.462 e. The second-order valence-corrected chi connectivity index (χ2v) is 10.8. The summed E-state index contributed by atoms with van der Waals surface area (Å²) in [5, 5.41) is 24.3. The van der Waals surface area contributed by atoms with E-state index in [0.29, 0.717) is 0 Å². The summed E-state index contributed by atoms with van der Waals surface area (Å²) >= 11 is 0. The largest absolute Gasteiger partial charge is 0.462 e. The third-order valence-electron chi connectivity index (χ3n) is 5.65. The summed E-state index contributed by atoms with van der Waals surface area (Å²) in [6.07, 6.45) is -5.81. The Kier molecular flexibility index (Phi) is 9.29. The van der Waals surface area contributed by atoms with Crippen LogP contribution < -0.4 is 21.0 Å². The molecule has 1 fully saturated rings. The number of benzene rings is 1. The number of aliphatic hydroxyl groups excluding tert-OH is 1. The molecule has 2 heterocycles. The number of ether oxygens (including phenoxy) is 2. The van der Waals surface area contributed by atoms with Crippen molar-refractivity contribution < 1.29 is 42.5 Å². The molecule has 1 saturated heterocycles. The quantitative estimate of drug-likeness (QED) is 0.229. The lowest BCUT2D eigenvalue weighted by molar-refractivity contribution is -0.149. The lowest BCUT2D eigenvalue weighted by Gasteiger charge is -2.30. The first-order valence-corrected chi connectivity index (χ1v) is 13.3. The Balaban J connectivity index is 1.88. The van der Waals surface area contributed by atoms with Gasteiger partial charge in [-0.25, -0.2) is 13.8 Å². The van der Waals surface area contributed by atoms with E-state index in [2.05, 4.69) is 10.1 Å². The molecule has 1 aliphatic heterocycles. The van der Waals surface area contributed by atoms with Crippen molar-refractivity contribution in [1.29, 1.82) is 0 Å². The number of halogens is 1. The average molecular weight is 559 g/mol. The first-order chi connectivity index (χ1) is 17.8. The topological polar surface area (TPSA) is 184 Å². The number of carbonyl (C=O) groups is 1. The normalized spacial score (nSPS) is 26.5. The Morgan fingerprint density at radius 1 is 1.29 bits per heavy atom. The molecule has 0 saturated carbocycles. The summed E-state index contributed by atoms with van der Waals surface area (Å²) in [5.41, 5.74) is 1.95. The van der Waals surface area contributed by atoms with Crippen molar-refractivity contribution in [1.82, 2.24) is 14.6 Å². The smallest absolute Gasteiger partial charge is 0.459 e. The number of rotatable bonds is 11. The molecule has 0 amide bonds. The van der Waals surface area contributed by atoms with Crippen molar-refractivity contribution in [2.24, 2.45) is 0 Å². The Morgan fingerprint density at radius 3 is 2.53 bits per heavy atom. The van der Waals surface area contributed by atoms with Crippen LogP contribution in [0.1, 0.15) is 33.9 Å². The number of hydrogen-bond donors (Lipinski definition) is 4. The number of nitrogens with two attached hydrogens (primary N) is 1. The number of aliphatic hydroxyl groups is 2. The van der Waals surface area contributed by atoms with Gasteiger partial charge in [-0.1, -0.05) is 18.2 Å². The summed E-state index contributed by atoms with van der Waals surface area (Å²) in [7, 11) is -4.40. The molecular formula is C23H32FN4O9P. The average Bonchev–Trinajstić information content (AvgIpc) is 3.10. The molecule has 1 aromatic carbocycles. The Morgan fingerprint density at radius 2 is 1.95 bits per heavy atom. The van der Waals surface area contributed by atoms with E-state index in [1.165, 1.54) is 32.0 Å². The van der Waals surface area contributed by atoms with Gasteiger partial charge in [-0.15, -0.1) is 0 Å². The Bertz CT molecular complexity index is 1220. The van der Waals surface area contributed by atoms with Crippen LogP contribution in [0.5, 0.6) is 5.75 Å². The molecule has 13 nitrogen and oxygen atoms in total. The zero-order valence-corrected chi connectivity index (χ0v) is 22.2. The first-order valence-electron chi connectivity index (χ1n) is 11.8. The molecule has 210 valence electrons. The third-order valence-corrected chi connectivity index (χ3v) is 7.41. The number of carbonyl (C=O) groups excluding carboxylic acids is 1. The molecule has 0 bridgehead atoms. The second-order valence-electron chi connectivity index (χ2n) is 9.11. The minimum absolute atomic E-state index is 0.114. The third kappa shape index (κ3) is 6.57. The van der Waals surface area contributed by atoms with Gasteiger partial charge in [-0.3, -0.25) is 13.9 Å². The van der Waals surface area contributed by atoms with Crippen LogP contribution in [0.4, 0.5) is 10.2 Å². The van der Waals surface area contributed by atoms with Crippen molar-refractivity contribution in [3.8, 4) is 5.75 Å². The maximum atomic E-state index is 14.1. The van der Waals surface area contributed by atoms with Gasteiger partial charge in [-0.2, -0.15) is 10.1 Å². The molecule has 0 aliphatic carbocycles. The minimum atomic E-state index is -4.40. The van der Waals surface area contributed by atoms with Crippen LogP contribution in [-0.2, 0) is 23.4 Å². The summed E-state index contributed by atoms with van der Waals surface area (Å²) in [6, 6.07) is 8.01. The van der Waals surface area contributed by atoms with Crippen LogP contribution in [0, 0.1) is 0 Å². The molecule has 1 aromatic heterocycles. The standard InChI is InChI=1S/C23H32FN4O9P/c1-13(2)34-20(30)14(3)27-38(33,37-16-8-6-5-7-9-16)36-15(4)18-19(29)23(32,12-24)21(35-18)28-11-10-17(25)26-22(28)31/h5-11,13-15,18-19,21,29,32H,12H2,1-4H3,(H,27,33)(H2,25,26,31)/t14-,15+,18+,19?,21+,23+,38-/m0/s1. The van der Waals surface area contributed by atoms with Crippen LogP contribution in [0.3, 0.4) is 0 Å². The number of para-hydroxylation sites is 1. The number of nitrogens with zero attached hydrogens (tertiary/aromatic N) is 2. The van der Waals surface area contributed by atoms with Gasteiger partial charge in [0, 0.05) is 6.20 Å². The monoisotopic (exact) mass is 558 g/mol. The highest BCUT2D eigenvalue weighted by atomic mass is 31.2. The van der Waals surface area contributed by atoms with Gasteiger partial charge in [0.1, 0.15) is 36.5 Å². The van der Waals surface area contributed by atoms with E-state index in [-0.39, 0.29) is 11.6 Å². The molecule has 2 aromatic rings. The highest BCUT2D eigenvalue weighted by molar-refractivity contribution is 7.52. The summed E-state index contributed by atoms with van der Waals surface area (Å²) < 4.78 is 50.7. The molecule has 38 heavy (non-hydrogen) atoms. The van der Waals surface area contributed by atoms with Gasteiger partial charge in [0.15, 0.2) is 11.8 Å². The van der Waals surface area contributed by atoms with Gasteiger partial charge in [0.25, 0.3) is 0 Å². The number of esters is 1. The van der Waals surface area contributed by atoms with Crippen LogP contribution in [-0.4, -0.2) is 68.5 Å². The second kappa shape index (κ2) is 11.9. The van der Waals surface area contributed by atoms with Crippen molar-refractivity contribution >= 4 is 19.5 Å². The SMILES string of the molecule is CC(C)OC(=O)[C@H](C)N[P@@](=O)(Oc1ccccc1)O[C@H](C)[C@H]1O[C@@H](n2ccc(N)nc2=O)[C@@](O)(CF)C1O. The molecule has 5 N–H and O–H groups in total. The first kappa shape index (κ1) is 29.7. The Hall–Kier alpha value is -2.87. The van der Waals surface area contributed by atoms with Crippen LogP contribution in [0.25, 0.3) is 0 Å². The molecule has 1 unspecified atom stereocenters. The van der Waals surface area contributed by atoms with E-state index in [1.54, 1.807) is 32.0 Å². The van der Waals surface area contributed by atoms with Crippen molar-refractivity contribution in [3.63, 3.8) is 0 Å². The molecule has 7 atom stereocenters. The van der Waals surface area contributed by atoms with E-state index < -0.39 is 68.4 Å². The maximum absolute atomic E-state index is 14.1.